The normalized spacial score (nSPS) is 26.9. The van der Waals surface area contributed by atoms with E-state index in [4.69, 9.17) is 0 Å². The number of nitrogens with one attached hydrogen (secondary N) is 1. The molecule has 0 unspecified atom stereocenters. The van der Waals surface area contributed by atoms with Gasteiger partial charge >= 0.3 is 11.0 Å². The van der Waals surface area contributed by atoms with Gasteiger partial charge in [-0.15, -0.1) is 11.8 Å². The first kappa shape index (κ1) is 22.9. The monoisotopic (exact) mass is 516 g/mol. The number of carbonyl (C=O) groups is 1. The molecule has 2 fully saturated rings. The first-order chi connectivity index (χ1) is 16.8. The Labute approximate surface area is 208 Å². The van der Waals surface area contributed by atoms with Crippen molar-refractivity contribution < 1.29 is 18.0 Å². The van der Waals surface area contributed by atoms with E-state index in [-0.39, 0.29) is 23.0 Å². The Morgan fingerprint density at radius 3 is 2.51 bits per heavy atom. The predicted molar refractivity (Wildman–Crippen MR) is 131 cm³/mol. The molecule has 0 radical (unpaired) electrons. The number of rotatable bonds is 4. The lowest BCUT2D eigenvalue weighted by molar-refractivity contribution is -0.137. The van der Waals surface area contributed by atoms with Crippen molar-refractivity contribution in [3.8, 4) is 0 Å². The molecule has 1 aromatic heterocycles. The number of fused-ring (bicyclic) bond motifs is 6. The summed E-state index contributed by atoms with van der Waals surface area (Å²) in [6.07, 6.45) is -0.961. The molecule has 35 heavy (non-hydrogen) atoms. The van der Waals surface area contributed by atoms with Gasteiger partial charge in [-0.1, -0.05) is 53.8 Å². The molecule has 182 valence electrons. The number of thioether (sulfide) groups is 1. The van der Waals surface area contributed by atoms with Gasteiger partial charge in [0.1, 0.15) is 6.54 Å². The number of halogens is 3. The molecule has 4 nitrogen and oxygen atoms in total. The SMILES string of the molecule is O=C(Cn1c2c(sc1=O)[C@@H](c1ccccc1)[C@@H]1[C@H]3CC[C@@H](C3)[C@H]1S2)Nc1ccccc1C(F)(F)F. The third-order valence-corrected chi connectivity index (χ3v) is 10.5. The summed E-state index contributed by atoms with van der Waals surface area (Å²) in [7, 11) is 0. The van der Waals surface area contributed by atoms with Crippen LogP contribution in [0.1, 0.15) is 41.2 Å². The minimum atomic E-state index is -4.59. The van der Waals surface area contributed by atoms with Gasteiger partial charge in [-0.25, -0.2) is 0 Å². The maximum absolute atomic E-state index is 13.4. The second-order valence-electron chi connectivity index (χ2n) is 9.60. The van der Waals surface area contributed by atoms with Crippen molar-refractivity contribution in [3.63, 3.8) is 0 Å². The first-order valence-corrected chi connectivity index (χ1v) is 13.4. The van der Waals surface area contributed by atoms with E-state index >= 15 is 0 Å². The Balaban J connectivity index is 1.34. The fraction of sp³-hybridized carbons (Fsp3) is 0.385. The van der Waals surface area contributed by atoms with Gasteiger partial charge < -0.3 is 5.32 Å². The quantitative estimate of drug-likeness (QED) is 0.448. The highest BCUT2D eigenvalue weighted by atomic mass is 32.2. The maximum atomic E-state index is 13.4. The van der Waals surface area contributed by atoms with Crippen LogP contribution in [0.3, 0.4) is 0 Å². The number of aromatic nitrogens is 1. The lowest BCUT2D eigenvalue weighted by Gasteiger charge is -2.40. The average molecular weight is 517 g/mol. The number of hydrogen-bond donors (Lipinski definition) is 1. The van der Waals surface area contributed by atoms with E-state index in [1.54, 1.807) is 11.8 Å². The number of hydrogen-bond acceptors (Lipinski definition) is 4. The molecule has 9 heteroatoms. The summed E-state index contributed by atoms with van der Waals surface area (Å²) < 4.78 is 41.5. The van der Waals surface area contributed by atoms with E-state index in [1.807, 2.05) is 18.2 Å². The topological polar surface area (TPSA) is 51.1 Å². The van der Waals surface area contributed by atoms with Gasteiger partial charge in [0, 0.05) is 16.0 Å². The minimum Gasteiger partial charge on any atom is -0.324 e. The van der Waals surface area contributed by atoms with E-state index in [0.717, 1.165) is 16.0 Å². The third kappa shape index (κ3) is 3.93. The number of thiazole rings is 1. The van der Waals surface area contributed by atoms with Gasteiger partial charge in [-0.05, 0) is 54.7 Å². The summed E-state index contributed by atoms with van der Waals surface area (Å²) in [5, 5.41) is 3.58. The second kappa shape index (κ2) is 8.55. The van der Waals surface area contributed by atoms with Gasteiger partial charge in [-0.2, -0.15) is 13.2 Å². The molecule has 5 atom stereocenters. The van der Waals surface area contributed by atoms with E-state index in [9.17, 15) is 22.8 Å². The molecule has 2 aliphatic carbocycles. The fourth-order valence-corrected chi connectivity index (χ4v) is 9.44. The van der Waals surface area contributed by atoms with Crippen molar-refractivity contribution in [3.05, 3.63) is 80.3 Å². The van der Waals surface area contributed by atoms with E-state index in [1.165, 1.54) is 58.9 Å². The number of carbonyl (C=O) groups excluding carboxylic acids is 1. The van der Waals surface area contributed by atoms with Crippen molar-refractivity contribution in [1.29, 1.82) is 0 Å². The Kier molecular flexibility index (Phi) is 5.60. The molecule has 6 rings (SSSR count). The van der Waals surface area contributed by atoms with Crippen LogP contribution in [0.5, 0.6) is 0 Å². The molecular formula is C26H23F3N2O2S2. The summed E-state index contributed by atoms with van der Waals surface area (Å²) in [4.78, 5) is 26.7. The van der Waals surface area contributed by atoms with Crippen LogP contribution in [0, 0.1) is 17.8 Å². The van der Waals surface area contributed by atoms with Crippen LogP contribution in [-0.2, 0) is 17.5 Å². The third-order valence-electron chi connectivity index (χ3n) is 7.66. The summed E-state index contributed by atoms with van der Waals surface area (Å²) in [6.45, 7) is -0.309. The van der Waals surface area contributed by atoms with Crippen molar-refractivity contribution in [2.75, 3.05) is 5.32 Å². The van der Waals surface area contributed by atoms with Crippen molar-refractivity contribution in [2.24, 2.45) is 17.8 Å². The zero-order valence-corrected chi connectivity index (χ0v) is 20.3. The molecule has 1 aliphatic heterocycles. The zero-order chi connectivity index (χ0) is 24.3. The molecule has 2 saturated carbocycles. The molecule has 0 saturated heterocycles. The molecular weight excluding hydrogens is 493 g/mol. The van der Waals surface area contributed by atoms with Gasteiger partial charge in [0.2, 0.25) is 5.91 Å². The number of nitrogens with zero attached hydrogens (tertiary/aromatic N) is 1. The Morgan fingerprint density at radius 2 is 1.74 bits per heavy atom. The molecule has 0 spiro atoms. The van der Waals surface area contributed by atoms with Gasteiger partial charge in [0.25, 0.3) is 0 Å². The average Bonchev–Trinajstić information content (AvgIpc) is 3.52. The molecule has 1 N–H and O–H groups in total. The van der Waals surface area contributed by atoms with Crippen LogP contribution in [0.2, 0.25) is 0 Å². The number of anilines is 1. The Morgan fingerprint density at radius 1 is 1.03 bits per heavy atom. The van der Waals surface area contributed by atoms with E-state index in [2.05, 4.69) is 17.4 Å². The molecule has 2 bridgehead atoms. The highest BCUT2D eigenvalue weighted by Gasteiger charge is 2.55. The highest BCUT2D eigenvalue weighted by molar-refractivity contribution is 8.00. The maximum Gasteiger partial charge on any atom is 0.418 e. The van der Waals surface area contributed by atoms with Crippen LogP contribution in [0.25, 0.3) is 0 Å². The molecule has 3 aliphatic rings. The lowest BCUT2D eigenvalue weighted by Crippen LogP contribution is -2.34. The van der Waals surface area contributed by atoms with Crippen molar-refractivity contribution >= 4 is 34.7 Å². The standard InChI is InChI=1S/C26H23F3N2O2S2/c27-26(28,29)17-8-4-5-9-18(17)30-19(32)13-31-24-23(35-25(31)33)20(14-6-2-1-3-7-14)21-15-10-11-16(12-15)22(21)34-24/h1-9,15-16,20-22H,10-13H2,(H,30,32)/t15-,16-,20-,21-,22+/m0/s1. The Hall–Kier alpha value is -2.52. The van der Waals surface area contributed by atoms with E-state index in [0.29, 0.717) is 23.0 Å². The Bertz CT molecular complexity index is 1330. The second-order valence-corrected chi connectivity index (χ2v) is 11.8. The van der Waals surface area contributed by atoms with Crippen LogP contribution >= 0.6 is 23.1 Å². The number of para-hydroxylation sites is 1. The molecule has 3 aromatic rings. The number of benzene rings is 2. The van der Waals surface area contributed by atoms with Crippen molar-refractivity contribution in [2.45, 2.75) is 48.2 Å². The van der Waals surface area contributed by atoms with Crippen molar-refractivity contribution in [1.82, 2.24) is 4.57 Å². The summed E-state index contributed by atoms with van der Waals surface area (Å²) >= 11 is 2.88. The van der Waals surface area contributed by atoms with Crippen LogP contribution in [-0.4, -0.2) is 15.7 Å². The largest absolute Gasteiger partial charge is 0.418 e. The van der Waals surface area contributed by atoms with Crippen LogP contribution in [0.15, 0.2) is 64.4 Å². The summed E-state index contributed by atoms with van der Waals surface area (Å²) in [5.41, 5.74) is -0.0185. The summed E-state index contributed by atoms with van der Waals surface area (Å²) in [5.74, 6) is 1.18. The first-order valence-electron chi connectivity index (χ1n) is 11.7. The summed E-state index contributed by atoms with van der Waals surface area (Å²) in [6, 6.07) is 15.1. The van der Waals surface area contributed by atoms with Gasteiger partial charge in [-0.3, -0.25) is 14.2 Å². The minimum absolute atomic E-state index is 0.112. The molecule has 1 amide bonds. The van der Waals surface area contributed by atoms with Gasteiger partial charge in [0.05, 0.1) is 16.3 Å². The van der Waals surface area contributed by atoms with Crippen LogP contribution < -0.4 is 10.2 Å². The highest BCUT2D eigenvalue weighted by Crippen LogP contribution is 2.64. The number of alkyl halides is 3. The van der Waals surface area contributed by atoms with E-state index < -0.39 is 17.6 Å². The zero-order valence-electron chi connectivity index (χ0n) is 18.6. The predicted octanol–water partition coefficient (Wildman–Crippen LogP) is 6.22. The van der Waals surface area contributed by atoms with Gasteiger partial charge in [0.15, 0.2) is 0 Å². The fourth-order valence-electron chi connectivity index (χ4n) is 6.29. The lowest BCUT2D eigenvalue weighted by atomic mass is 9.75. The smallest absolute Gasteiger partial charge is 0.324 e. The molecule has 2 heterocycles. The number of amides is 1. The van der Waals surface area contributed by atoms with Crippen LogP contribution in [0.4, 0.5) is 18.9 Å². The molecule has 2 aromatic carbocycles.